The summed E-state index contributed by atoms with van der Waals surface area (Å²) in [4.78, 5) is 19.8. The van der Waals surface area contributed by atoms with E-state index >= 15 is 0 Å². The third-order valence-electron chi connectivity index (χ3n) is 5.32. The van der Waals surface area contributed by atoms with Crippen LogP contribution in [0.4, 0.5) is 0 Å². The second-order valence-corrected chi connectivity index (χ2v) is 6.43. The Hall–Kier alpha value is -2.00. The summed E-state index contributed by atoms with van der Waals surface area (Å²) in [6.07, 6.45) is 5.97. The molecule has 5 rings (SSSR count). The summed E-state index contributed by atoms with van der Waals surface area (Å²) in [6, 6.07) is 9.80. The molecule has 0 amide bonds. The highest BCUT2D eigenvalue weighted by molar-refractivity contribution is 6.09. The molecule has 3 aliphatic heterocycles. The Labute approximate surface area is 130 Å². The van der Waals surface area contributed by atoms with Gasteiger partial charge in [0.1, 0.15) is 0 Å². The molecule has 112 valence electrons. The van der Waals surface area contributed by atoms with Gasteiger partial charge in [0.25, 0.3) is 0 Å². The SMILES string of the molecule is C=C[C@@H]1CN2CC[C@H]1C[C@H]2C(=O)c1ccnc2ccccc12. The number of fused-ring (bicyclic) bond motifs is 4. The van der Waals surface area contributed by atoms with Gasteiger partial charge in [-0.25, -0.2) is 0 Å². The molecule has 3 aliphatic rings. The standard InChI is InChI=1S/C19H20N2O/c1-2-13-12-21-10-8-14(13)11-18(21)19(22)16-7-9-20-17-6-4-3-5-15(16)17/h2-7,9,13-14,18H,1,8,10-12H2/t13-,14+,18+/m1/s1. The molecule has 0 spiro atoms. The first kappa shape index (κ1) is 13.6. The summed E-state index contributed by atoms with van der Waals surface area (Å²) >= 11 is 0. The zero-order chi connectivity index (χ0) is 15.1. The average Bonchev–Trinajstić information content (AvgIpc) is 2.60. The lowest BCUT2D eigenvalue weighted by Crippen LogP contribution is -2.55. The second kappa shape index (κ2) is 5.33. The summed E-state index contributed by atoms with van der Waals surface area (Å²) in [5, 5.41) is 0.970. The Balaban J connectivity index is 1.69. The van der Waals surface area contributed by atoms with Crippen LogP contribution in [0.25, 0.3) is 10.9 Å². The molecule has 3 nitrogen and oxygen atoms in total. The van der Waals surface area contributed by atoms with Crippen molar-refractivity contribution in [3.63, 3.8) is 0 Å². The molecule has 0 aliphatic carbocycles. The molecular formula is C19H20N2O. The van der Waals surface area contributed by atoms with Crippen LogP contribution in [-0.4, -0.2) is 34.8 Å². The van der Waals surface area contributed by atoms with Gasteiger partial charge < -0.3 is 0 Å². The Morgan fingerprint density at radius 1 is 1.32 bits per heavy atom. The second-order valence-electron chi connectivity index (χ2n) is 6.43. The molecule has 1 unspecified atom stereocenters. The molecule has 3 fully saturated rings. The molecule has 0 N–H and O–H groups in total. The fourth-order valence-corrected chi connectivity index (χ4v) is 4.10. The molecule has 3 saturated heterocycles. The topological polar surface area (TPSA) is 33.2 Å². The van der Waals surface area contributed by atoms with Crippen molar-refractivity contribution in [1.82, 2.24) is 9.88 Å². The van der Waals surface area contributed by atoms with E-state index in [1.54, 1.807) is 6.20 Å². The number of Topliss-reactive ketones (excluding diaryl/α,β-unsaturated/α-hetero) is 1. The molecule has 3 heteroatoms. The van der Waals surface area contributed by atoms with Gasteiger partial charge in [0.2, 0.25) is 0 Å². The molecule has 1 aromatic carbocycles. The zero-order valence-corrected chi connectivity index (χ0v) is 12.6. The number of nitrogens with zero attached hydrogens (tertiary/aromatic N) is 2. The summed E-state index contributed by atoms with van der Waals surface area (Å²) in [5.41, 5.74) is 1.71. The monoisotopic (exact) mass is 292 g/mol. The van der Waals surface area contributed by atoms with E-state index in [2.05, 4.69) is 22.5 Å². The quantitative estimate of drug-likeness (QED) is 0.643. The van der Waals surface area contributed by atoms with Crippen LogP contribution < -0.4 is 0 Å². The lowest BCUT2D eigenvalue weighted by atomic mass is 9.74. The number of ketones is 1. The number of carbonyl (C=O) groups is 1. The van der Waals surface area contributed by atoms with E-state index in [4.69, 9.17) is 0 Å². The first-order chi connectivity index (χ1) is 10.8. The van der Waals surface area contributed by atoms with Crippen molar-refractivity contribution in [2.24, 2.45) is 11.8 Å². The van der Waals surface area contributed by atoms with Crippen molar-refractivity contribution in [3.8, 4) is 0 Å². The Kier molecular flexibility index (Phi) is 3.30. The van der Waals surface area contributed by atoms with Crippen molar-refractivity contribution in [2.75, 3.05) is 13.1 Å². The number of carbonyl (C=O) groups excluding carboxylic acids is 1. The van der Waals surface area contributed by atoms with Gasteiger partial charge in [0, 0.05) is 23.7 Å². The largest absolute Gasteiger partial charge is 0.293 e. The van der Waals surface area contributed by atoms with Gasteiger partial charge >= 0.3 is 0 Å². The average molecular weight is 292 g/mol. The van der Waals surface area contributed by atoms with E-state index in [0.717, 1.165) is 36.0 Å². The predicted molar refractivity (Wildman–Crippen MR) is 87.8 cm³/mol. The summed E-state index contributed by atoms with van der Waals surface area (Å²) in [6.45, 7) is 5.97. The van der Waals surface area contributed by atoms with Crippen molar-refractivity contribution in [2.45, 2.75) is 18.9 Å². The first-order valence-corrected chi connectivity index (χ1v) is 8.02. The van der Waals surface area contributed by atoms with Gasteiger partial charge in [-0.05, 0) is 43.4 Å². The van der Waals surface area contributed by atoms with Crippen LogP contribution >= 0.6 is 0 Å². The lowest BCUT2D eigenvalue weighted by molar-refractivity contribution is 0.0205. The van der Waals surface area contributed by atoms with Crippen molar-refractivity contribution >= 4 is 16.7 Å². The van der Waals surface area contributed by atoms with Crippen LogP contribution in [0.5, 0.6) is 0 Å². The molecule has 2 aromatic rings. The number of benzene rings is 1. The maximum absolute atomic E-state index is 13.1. The van der Waals surface area contributed by atoms with Crippen LogP contribution in [0.1, 0.15) is 23.2 Å². The number of para-hydroxylation sites is 1. The molecule has 0 saturated carbocycles. The fraction of sp³-hybridized carbons (Fsp3) is 0.368. The van der Waals surface area contributed by atoms with Gasteiger partial charge in [-0.3, -0.25) is 14.7 Å². The highest BCUT2D eigenvalue weighted by Crippen LogP contribution is 2.38. The van der Waals surface area contributed by atoms with Crippen molar-refractivity contribution < 1.29 is 4.79 Å². The van der Waals surface area contributed by atoms with E-state index < -0.39 is 0 Å². The van der Waals surface area contributed by atoms with E-state index in [1.807, 2.05) is 30.3 Å². The first-order valence-electron chi connectivity index (χ1n) is 8.02. The summed E-state index contributed by atoms with van der Waals surface area (Å²) in [5.74, 6) is 1.42. The number of pyridine rings is 1. The molecule has 4 heterocycles. The number of piperidine rings is 3. The third kappa shape index (κ3) is 2.08. The van der Waals surface area contributed by atoms with Gasteiger partial charge in [-0.15, -0.1) is 6.58 Å². The van der Waals surface area contributed by atoms with Gasteiger partial charge in [-0.1, -0.05) is 24.3 Å². The highest BCUT2D eigenvalue weighted by Gasteiger charge is 2.42. The molecule has 0 radical (unpaired) electrons. The number of hydrogen-bond donors (Lipinski definition) is 0. The number of aromatic nitrogens is 1. The van der Waals surface area contributed by atoms with Gasteiger partial charge in [0.05, 0.1) is 11.6 Å². The van der Waals surface area contributed by atoms with Crippen LogP contribution in [0.15, 0.2) is 49.2 Å². The highest BCUT2D eigenvalue weighted by atomic mass is 16.1. The molecule has 22 heavy (non-hydrogen) atoms. The molecule has 1 aromatic heterocycles. The zero-order valence-electron chi connectivity index (χ0n) is 12.6. The van der Waals surface area contributed by atoms with E-state index in [-0.39, 0.29) is 11.8 Å². The van der Waals surface area contributed by atoms with Crippen LogP contribution in [0.2, 0.25) is 0 Å². The van der Waals surface area contributed by atoms with Crippen molar-refractivity contribution in [1.29, 1.82) is 0 Å². The van der Waals surface area contributed by atoms with E-state index in [1.165, 1.54) is 6.42 Å². The lowest BCUT2D eigenvalue weighted by Gasteiger charge is -2.48. The van der Waals surface area contributed by atoms with E-state index in [0.29, 0.717) is 11.8 Å². The minimum absolute atomic E-state index is 0.0285. The summed E-state index contributed by atoms with van der Waals surface area (Å²) < 4.78 is 0. The minimum atomic E-state index is 0.0285. The van der Waals surface area contributed by atoms with Crippen LogP contribution in [0, 0.1) is 11.8 Å². The fourth-order valence-electron chi connectivity index (χ4n) is 4.10. The van der Waals surface area contributed by atoms with Crippen LogP contribution in [0.3, 0.4) is 0 Å². The van der Waals surface area contributed by atoms with E-state index in [9.17, 15) is 4.79 Å². The predicted octanol–water partition coefficient (Wildman–Crippen LogP) is 3.31. The summed E-state index contributed by atoms with van der Waals surface area (Å²) in [7, 11) is 0. The molecular weight excluding hydrogens is 272 g/mol. The van der Waals surface area contributed by atoms with Crippen LogP contribution in [-0.2, 0) is 0 Å². The Bertz CT molecular complexity index is 734. The normalized spacial score (nSPS) is 30.4. The third-order valence-corrected chi connectivity index (χ3v) is 5.32. The maximum atomic E-state index is 13.1. The van der Waals surface area contributed by atoms with Gasteiger partial charge in [0.15, 0.2) is 5.78 Å². The minimum Gasteiger partial charge on any atom is -0.293 e. The Morgan fingerprint density at radius 3 is 2.95 bits per heavy atom. The molecule has 2 bridgehead atoms. The number of rotatable bonds is 3. The smallest absolute Gasteiger partial charge is 0.180 e. The number of hydrogen-bond acceptors (Lipinski definition) is 3. The Morgan fingerprint density at radius 2 is 2.18 bits per heavy atom. The van der Waals surface area contributed by atoms with Gasteiger partial charge in [-0.2, -0.15) is 0 Å². The molecule has 4 atom stereocenters. The maximum Gasteiger partial charge on any atom is 0.180 e. The van der Waals surface area contributed by atoms with Crippen molar-refractivity contribution in [3.05, 3.63) is 54.7 Å².